The molecule has 2 fully saturated rings. The van der Waals surface area contributed by atoms with E-state index >= 15 is 0 Å². The van der Waals surface area contributed by atoms with Gasteiger partial charge in [0.15, 0.2) is 12.4 Å². The highest BCUT2D eigenvalue weighted by molar-refractivity contribution is 5.73. The number of fused-ring (bicyclic) bond motifs is 2. The molecule has 4 rings (SSSR count). The maximum atomic E-state index is 12.2. The molecule has 1 heterocycles. The number of hydrogen-bond donors (Lipinski definition) is 0. The van der Waals surface area contributed by atoms with Gasteiger partial charge in [-0.2, -0.15) is 0 Å². The normalized spacial score (nSPS) is 26.3. The van der Waals surface area contributed by atoms with Crippen molar-refractivity contribution >= 4 is 5.97 Å². The molecule has 2 aliphatic carbocycles. The molecule has 0 unspecified atom stereocenters. The van der Waals surface area contributed by atoms with Crippen LogP contribution in [0.3, 0.4) is 0 Å². The molecule has 1 aromatic heterocycles. The van der Waals surface area contributed by atoms with Crippen LogP contribution in [0.25, 0.3) is 11.3 Å². The first-order valence-corrected chi connectivity index (χ1v) is 7.96. The molecule has 3 atom stereocenters. The van der Waals surface area contributed by atoms with Gasteiger partial charge < -0.3 is 9.15 Å². The molecule has 4 nitrogen and oxygen atoms in total. The number of benzene rings is 1. The zero-order valence-corrected chi connectivity index (χ0v) is 12.4. The Hall–Kier alpha value is -2.10. The lowest BCUT2D eigenvalue weighted by molar-refractivity contribution is -0.152. The van der Waals surface area contributed by atoms with Crippen LogP contribution in [0.2, 0.25) is 0 Å². The number of nitrogens with zero attached hydrogens (tertiary/aromatic N) is 1. The summed E-state index contributed by atoms with van der Waals surface area (Å²) >= 11 is 0. The van der Waals surface area contributed by atoms with E-state index in [-0.39, 0.29) is 18.5 Å². The van der Waals surface area contributed by atoms with E-state index in [9.17, 15) is 4.79 Å². The number of ether oxygens (including phenoxy) is 1. The maximum absolute atomic E-state index is 12.2. The van der Waals surface area contributed by atoms with Gasteiger partial charge in [0.05, 0.1) is 12.1 Å². The van der Waals surface area contributed by atoms with E-state index in [1.165, 1.54) is 19.3 Å². The van der Waals surface area contributed by atoms with E-state index in [0.717, 1.165) is 17.9 Å². The highest BCUT2D eigenvalue weighted by Gasteiger charge is 2.43. The Labute approximate surface area is 129 Å². The van der Waals surface area contributed by atoms with Gasteiger partial charge in [0.2, 0.25) is 5.89 Å². The van der Waals surface area contributed by atoms with Crippen LogP contribution < -0.4 is 0 Å². The summed E-state index contributed by atoms with van der Waals surface area (Å²) in [4.78, 5) is 16.4. The fourth-order valence-corrected chi connectivity index (χ4v) is 3.89. The topological polar surface area (TPSA) is 52.3 Å². The molecule has 0 radical (unpaired) electrons. The summed E-state index contributed by atoms with van der Waals surface area (Å²) in [5, 5.41) is 0. The third kappa shape index (κ3) is 2.54. The average Bonchev–Trinajstić information content (AvgIpc) is 3.29. The third-order valence-electron chi connectivity index (χ3n) is 4.99. The van der Waals surface area contributed by atoms with E-state index < -0.39 is 0 Å². The molecular formula is C18H19NO3. The van der Waals surface area contributed by atoms with Gasteiger partial charge >= 0.3 is 5.97 Å². The summed E-state index contributed by atoms with van der Waals surface area (Å²) in [6.07, 6.45) is 6.35. The van der Waals surface area contributed by atoms with Crippen LogP contribution in [0.1, 0.15) is 31.6 Å². The van der Waals surface area contributed by atoms with Crippen molar-refractivity contribution in [3.63, 3.8) is 0 Å². The highest BCUT2D eigenvalue weighted by Crippen LogP contribution is 2.48. The Bertz CT molecular complexity index is 664. The van der Waals surface area contributed by atoms with Gasteiger partial charge in [0.25, 0.3) is 0 Å². The predicted octanol–water partition coefficient (Wildman–Crippen LogP) is 3.82. The first-order valence-electron chi connectivity index (χ1n) is 7.96. The number of carbonyl (C=O) groups is 1. The minimum Gasteiger partial charge on any atom is -0.455 e. The Morgan fingerprint density at radius 1 is 1.23 bits per heavy atom. The molecule has 0 saturated heterocycles. The van der Waals surface area contributed by atoms with E-state index in [1.54, 1.807) is 6.20 Å². The van der Waals surface area contributed by atoms with Crippen molar-refractivity contribution in [3.8, 4) is 11.3 Å². The number of hydrogen-bond acceptors (Lipinski definition) is 4. The fourth-order valence-electron chi connectivity index (χ4n) is 3.89. The molecule has 2 aromatic rings. The first kappa shape index (κ1) is 13.6. The number of rotatable bonds is 4. The zero-order valence-electron chi connectivity index (χ0n) is 12.4. The van der Waals surface area contributed by atoms with Gasteiger partial charge in [-0.1, -0.05) is 36.8 Å². The van der Waals surface area contributed by atoms with Crippen molar-refractivity contribution in [2.75, 3.05) is 0 Å². The monoisotopic (exact) mass is 297 g/mol. The van der Waals surface area contributed by atoms with E-state index in [4.69, 9.17) is 9.15 Å². The Morgan fingerprint density at radius 2 is 2.09 bits per heavy atom. The standard InChI is InChI=1S/C18H19NO3/c20-18(15-9-12-6-7-14(15)8-12)21-11-17-19-10-16(22-17)13-4-2-1-3-5-13/h1-5,10,12,14-15H,6-9,11H2/t12-,14-,15-/m0/s1. The molecule has 2 aliphatic rings. The number of oxazole rings is 1. The minimum atomic E-state index is -0.0772. The summed E-state index contributed by atoms with van der Waals surface area (Å²) in [6.45, 7) is 0.125. The summed E-state index contributed by atoms with van der Waals surface area (Å²) in [5.41, 5.74) is 0.973. The smallest absolute Gasteiger partial charge is 0.309 e. The minimum absolute atomic E-state index is 0.0772. The van der Waals surface area contributed by atoms with E-state index in [2.05, 4.69) is 4.98 Å². The second-order valence-corrected chi connectivity index (χ2v) is 6.37. The lowest BCUT2D eigenvalue weighted by Crippen LogP contribution is -2.23. The number of carbonyl (C=O) groups excluding carboxylic acids is 1. The third-order valence-corrected chi connectivity index (χ3v) is 4.99. The first-order chi connectivity index (χ1) is 10.8. The van der Waals surface area contributed by atoms with Crippen molar-refractivity contribution < 1.29 is 13.9 Å². The second-order valence-electron chi connectivity index (χ2n) is 6.37. The summed E-state index contributed by atoms with van der Waals surface area (Å²) in [6, 6.07) is 9.79. The summed E-state index contributed by atoms with van der Waals surface area (Å²) < 4.78 is 11.1. The van der Waals surface area contributed by atoms with Crippen molar-refractivity contribution in [1.29, 1.82) is 0 Å². The van der Waals surface area contributed by atoms with E-state index in [0.29, 0.717) is 17.6 Å². The lowest BCUT2D eigenvalue weighted by Gasteiger charge is -2.19. The van der Waals surface area contributed by atoms with Crippen LogP contribution in [0.5, 0.6) is 0 Å². The van der Waals surface area contributed by atoms with Crippen molar-refractivity contribution in [1.82, 2.24) is 4.98 Å². The van der Waals surface area contributed by atoms with Gasteiger partial charge in [0, 0.05) is 5.56 Å². The molecule has 4 heteroatoms. The van der Waals surface area contributed by atoms with Crippen LogP contribution in [-0.2, 0) is 16.1 Å². The van der Waals surface area contributed by atoms with Gasteiger partial charge in [-0.25, -0.2) is 4.98 Å². The Kier molecular flexibility index (Phi) is 3.45. The second kappa shape index (κ2) is 5.59. The van der Waals surface area contributed by atoms with Crippen LogP contribution in [0.15, 0.2) is 40.9 Å². The summed E-state index contributed by atoms with van der Waals surface area (Å²) in [5.74, 6) is 2.46. The molecular weight excluding hydrogens is 278 g/mol. The SMILES string of the molecule is O=C(OCc1ncc(-c2ccccc2)o1)[C@H]1C[C@H]2CC[C@H]1C2. The van der Waals surface area contributed by atoms with Crippen LogP contribution >= 0.6 is 0 Å². The van der Waals surface area contributed by atoms with Gasteiger partial charge in [-0.3, -0.25) is 4.79 Å². The highest BCUT2D eigenvalue weighted by atomic mass is 16.5. The molecule has 2 bridgehead atoms. The number of esters is 1. The molecule has 1 aromatic carbocycles. The molecule has 0 aliphatic heterocycles. The van der Waals surface area contributed by atoms with Crippen LogP contribution in [0, 0.1) is 17.8 Å². The van der Waals surface area contributed by atoms with Gasteiger partial charge in [0.1, 0.15) is 0 Å². The predicted molar refractivity (Wildman–Crippen MR) is 80.7 cm³/mol. The molecule has 2 saturated carbocycles. The molecule has 0 N–H and O–H groups in total. The molecule has 114 valence electrons. The molecule has 0 amide bonds. The zero-order chi connectivity index (χ0) is 14.9. The Morgan fingerprint density at radius 3 is 2.82 bits per heavy atom. The Balaban J connectivity index is 1.36. The summed E-state index contributed by atoms with van der Waals surface area (Å²) in [7, 11) is 0. The van der Waals surface area contributed by atoms with Crippen molar-refractivity contribution in [2.24, 2.45) is 17.8 Å². The van der Waals surface area contributed by atoms with Gasteiger partial charge in [-0.15, -0.1) is 0 Å². The van der Waals surface area contributed by atoms with Crippen LogP contribution in [-0.4, -0.2) is 11.0 Å². The van der Waals surface area contributed by atoms with Crippen molar-refractivity contribution in [3.05, 3.63) is 42.4 Å². The van der Waals surface area contributed by atoms with Gasteiger partial charge in [-0.05, 0) is 31.1 Å². The van der Waals surface area contributed by atoms with Crippen molar-refractivity contribution in [2.45, 2.75) is 32.3 Å². The average molecular weight is 297 g/mol. The molecule has 0 spiro atoms. The van der Waals surface area contributed by atoms with Crippen LogP contribution in [0.4, 0.5) is 0 Å². The maximum Gasteiger partial charge on any atom is 0.309 e. The van der Waals surface area contributed by atoms with E-state index in [1.807, 2.05) is 30.3 Å². The lowest BCUT2D eigenvalue weighted by atomic mass is 9.89. The number of aromatic nitrogens is 1. The quantitative estimate of drug-likeness (QED) is 0.805. The molecule has 22 heavy (non-hydrogen) atoms. The fraction of sp³-hybridized carbons (Fsp3) is 0.444. The largest absolute Gasteiger partial charge is 0.455 e.